The maximum atomic E-state index is 12.5. The van der Waals surface area contributed by atoms with Crippen LogP contribution in [-0.2, 0) is 52.5 Å². The maximum absolute atomic E-state index is 12.5. The lowest BCUT2D eigenvalue weighted by molar-refractivity contribution is -0.198. The first kappa shape index (κ1) is 32.7. The van der Waals surface area contributed by atoms with Crippen LogP contribution in [0.3, 0.4) is 0 Å². The fourth-order valence-electron chi connectivity index (χ4n) is 2.24. The van der Waals surface area contributed by atoms with E-state index < -0.39 is 60.9 Å². The van der Waals surface area contributed by atoms with Gasteiger partial charge in [0.15, 0.2) is 30.7 Å². The van der Waals surface area contributed by atoms with Crippen molar-refractivity contribution in [3.63, 3.8) is 0 Å². The van der Waals surface area contributed by atoms with Gasteiger partial charge in [-0.25, -0.2) is 24.0 Å². The van der Waals surface area contributed by atoms with Crippen LogP contribution in [0.25, 0.3) is 0 Å². The second-order valence-corrected chi connectivity index (χ2v) is 8.19. The third-order valence-corrected chi connectivity index (χ3v) is 4.26. The molecule has 4 atom stereocenters. The van der Waals surface area contributed by atoms with Gasteiger partial charge in [0.1, 0.15) is 6.61 Å². The molecule has 37 heavy (non-hydrogen) atoms. The van der Waals surface area contributed by atoms with Crippen molar-refractivity contribution in [2.24, 2.45) is 0 Å². The SMILES string of the molecule is C=C(C)C(=O)OC[C@@H](OC(=O)C(=C)C)[C@H](OC(=O)C(=C)C)[C@H](OC(=O)C(=C)C)[C@H](C=O)OC(=O)C(=C)C. The molecule has 0 aromatic rings. The Morgan fingerprint density at radius 3 is 1.30 bits per heavy atom. The van der Waals surface area contributed by atoms with E-state index in [1.165, 1.54) is 34.6 Å². The molecule has 11 nitrogen and oxygen atoms in total. The van der Waals surface area contributed by atoms with E-state index in [2.05, 4.69) is 32.9 Å². The van der Waals surface area contributed by atoms with Crippen molar-refractivity contribution in [3.05, 3.63) is 60.8 Å². The molecule has 0 unspecified atom stereocenters. The van der Waals surface area contributed by atoms with Gasteiger partial charge in [0.2, 0.25) is 0 Å². The fraction of sp³-hybridized carbons (Fsp3) is 0.385. The van der Waals surface area contributed by atoms with Gasteiger partial charge in [-0.3, -0.25) is 4.79 Å². The van der Waals surface area contributed by atoms with Crippen LogP contribution in [0.1, 0.15) is 34.6 Å². The smallest absolute Gasteiger partial charge is 0.333 e. The van der Waals surface area contributed by atoms with Crippen LogP contribution in [0.5, 0.6) is 0 Å². The average molecular weight is 521 g/mol. The number of hydrogen-bond acceptors (Lipinski definition) is 11. The first-order valence-corrected chi connectivity index (χ1v) is 10.8. The first-order chi connectivity index (χ1) is 17.0. The van der Waals surface area contributed by atoms with Crippen molar-refractivity contribution in [2.45, 2.75) is 59.0 Å². The zero-order valence-electron chi connectivity index (χ0n) is 21.6. The highest BCUT2D eigenvalue weighted by Gasteiger charge is 2.45. The van der Waals surface area contributed by atoms with Gasteiger partial charge in [-0.1, -0.05) is 32.9 Å². The van der Waals surface area contributed by atoms with Gasteiger partial charge in [0.25, 0.3) is 0 Å². The summed E-state index contributed by atoms with van der Waals surface area (Å²) in [5.74, 6) is -5.05. The Hall–Kier alpha value is -4.28. The normalized spacial score (nSPS) is 13.3. The molecule has 11 heteroatoms. The fourth-order valence-corrected chi connectivity index (χ4v) is 2.24. The van der Waals surface area contributed by atoms with Gasteiger partial charge in [0, 0.05) is 27.9 Å². The molecule has 0 heterocycles. The van der Waals surface area contributed by atoms with E-state index in [0.717, 1.165) is 0 Å². The number of esters is 5. The lowest BCUT2D eigenvalue weighted by Gasteiger charge is -2.34. The molecule has 202 valence electrons. The molecule has 0 aliphatic rings. The highest BCUT2D eigenvalue weighted by atomic mass is 16.6. The molecule has 0 amide bonds. The van der Waals surface area contributed by atoms with E-state index in [1.807, 2.05) is 0 Å². The molecule has 0 N–H and O–H groups in total. The second-order valence-electron chi connectivity index (χ2n) is 8.19. The molecule has 0 radical (unpaired) electrons. The number of carbonyl (C=O) groups is 6. The Labute approximate surface area is 215 Å². The van der Waals surface area contributed by atoms with Crippen molar-refractivity contribution in [1.82, 2.24) is 0 Å². The number of carbonyl (C=O) groups excluding carboxylic acids is 6. The Morgan fingerprint density at radius 2 is 0.919 bits per heavy atom. The minimum Gasteiger partial charge on any atom is -0.458 e. The van der Waals surface area contributed by atoms with Gasteiger partial charge >= 0.3 is 29.8 Å². The predicted octanol–water partition coefficient (Wildman–Crippen LogP) is 2.26. The Morgan fingerprint density at radius 1 is 0.568 bits per heavy atom. The summed E-state index contributed by atoms with van der Waals surface area (Å²) in [4.78, 5) is 73.6. The third kappa shape index (κ3) is 10.9. The van der Waals surface area contributed by atoms with Gasteiger partial charge in [-0.15, -0.1) is 0 Å². The summed E-state index contributed by atoms with van der Waals surface area (Å²) in [7, 11) is 0. The van der Waals surface area contributed by atoms with Crippen molar-refractivity contribution in [2.75, 3.05) is 6.61 Å². The van der Waals surface area contributed by atoms with Crippen LogP contribution in [0.15, 0.2) is 60.8 Å². The second kappa shape index (κ2) is 15.0. The van der Waals surface area contributed by atoms with Crippen LogP contribution in [0.2, 0.25) is 0 Å². The number of hydrogen-bond donors (Lipinski definition) is 0. The van der Waals surface area contributed by atoms with E-state index in [0.29, 0.717) is 0 Å². The highest BCUT2D eigenvalue weighted by Crippen LogP contribution is 2.22. The molecule has 0 saturated carbocycles. The summed E-state index contributed by atoms with van der Waals surface area (Å²) in [5, 5.41) is 0. The largest absolute Gasteiger partial charge is 0.458 e. The minimum atomic E-state index is -1.90. The standard InChI is InChI=1S/C26H32O11/c1-13(2)22(28)33-12-19(35-24(30)15(5)6)21(37-26(32)17(9)10)20(36-25(31)16(7)8)18(11-27)34-23(29)14(3)4/h11,18-21H,1,3,5,7,9,12H2,2,4,6,8,10H3/t18-,19+,20+,21-/m0/s1. The van der Waals surface area contributed by atoms with Crippen molar-refractivity contribution in [3.8, 4) is 0 Å². The predicted molar refractivity (Wildman–Crippen MR) is 131 cm³/mol. The van der Waals surface area contributed by atoms with E-state index in [4.69, 9.17) is 23.7 Å². The Balaban J connectivity index is 6.88. The summed E-state index contributed by atoms with van der Waals surface area (Å²) in [5.41, 5.74) is -0.451. The van der Waals surface area contributed by atoms with Gasteiger partial charge < -0.3 is 23.7 Å². The summed E-state index contributed by atoms with van der Waals surface area (Å²) in [6.07, 6.45) is -7.24. The van der Waals surface area contributed by atoms with E-state index in [-0.39, 0.29) is 34.2 Å². The topological polar surface area (TPSA) is 149 Å². The third-order valence-electron chi connectivity index (χ3n) is 4.26. The highest BCUT2D eigenvalue weighted by molar-refractivity contribution is 5.90. The van der Waals surface area contributed by atoms with Crippen LogP contribution in [-0.4, -0.2) is 67.2 Å². The average Bonchev–Trinajstić information content (AvgIpc) is 2.81. The molecule has 0 saturated heterocycles. The lowest BCUT2D eigenvalue weighted by atomic mass is 10.0. The minimum absolute atomic E-state index is 0.00752. The zero-order chi connectivity index (χ0) is 29.0. The molecule has 0 fully saturated rings. The molecule has 0 aromatic carbocycles. The lowest BCUT2D eigenvalue weighted by Crippen LogP contribution is -2.54. The number of rotatable bonds is 15. The molecule has 0 aromatic heterocycles. The molecule has 0 aliphatic heterocycles. The van der Waals surface area contributed by atoms with Crippen LogP contribution in [0, 0.1) is 0 Å². The van der Waals surface area contributed by atoms with Gasteiger partial charge in [0.05, 0.1) is 0 Å². The Kier molecular flexibility index (Phi) is 13.2. The summed E-state index contributed by atoms with van der Waals surface area (Å²) >= 11 is 0. The number of ether oxygens (including phenoxy) is 5. The van der Waals surface area contributed by atoms with Crippen LogP contribution >= 0.6 is 0 Å². The molecule has 0 aliphatic carbocycles. The van der Waals surface area contributed by atoms with Crippen LogP contribution in [0.4, 0.5) is 0 Å². The molecule has 0 bridgehead atoms. The number of aldehydes is 1. The zero-order valence-corrected chi connectivity index (χ0v) is 21.6. The maximum Gasteiger partial charge on any atom is 0.333 e. The van der Waals surface area contributed by atoms with E-state index in [1.54, 1.807) is 0 Å². The molecule has 0 rings (SSSR count). The van der Waals surface area contributed by atoms with Crippen molar-refractivity contribution < 1.29 is 52.5 Å². The summed E-state index contributed by atoms with van der Waals surface area (Å²) in [6, 6.07) is 0. The van der Waals surface area contributed by atoms with Crippen molar-refractivity contribution in [1.29, 1.82) is 0 Å². The summed E-state index contributed by atoms with van der Waals surface area (Å²) in [6.45, 7) is 23.0. The molecular weight excluding hydrogens is 488 g/mol. The monoisotopic (exact) mass is 520 g/mol. The van der Waals surface area contributed by atoms with E-state index in [9.17, 15) is 28.8 Å². The molecular formula is C26H32O11. The van der Waals surface area contributed by atoms with Gasteiger partial charge in [-0.2, -0.15) is 0 Å². The van der Waals surface area contributed by atoms with Crippen molar-refractivity contribution >= 4 is 36.1 Å². The first-order valence-electron chi connectivity index (χ1n) is 10.8. The summed E-state index contributed by atoms with van der Waals surface area (Å²) < 4.78 is 26.2. The quantitative estimate of drug-likeness (QED) is 0.135. The Bertz CT molecular complexity index is 1020. The molecule has 0 spiro atoms. The van der Waals surface area contributed by atoms with Gasteiger partial charge in [-0.05, 0) is 34.6 Å². The van der Waals surface area contributed by atoms with Crippen LogP contribution < -0.4 is 0 Å². The van der Waals surface area contributed by atoms with E-state index >= 15 is 0 Å².